The third-order valence-corrected chi connectivity index (χ3v) is 5.49. The summed E-state index contributed by atoms with van der Waals surface area (Å²) < 4.78 is 0. The molecule has 1 N–H and O–H groups in total. The van der Waals surface area contributed by atoms with Crippen LogP contribution in [0.15, 0.2) is 48.6 Å². The first kappa shape index (κ1) is 14.2. The maximum Gasteiger partial charge on any atom is 0.0554 e. The summed E-state index contributed by atoms with van der Waals surface area (Å²) in [5.41, 5.74) is 4.98. The van der Waals surface area contributed by atoms with Crippen LogP contribution in [-0.4, -0.2) is 0 Å². The summed E-state index contributed by atoms with van der Waals surface area (Å²) in [5, 5.41) is 5.39. The van der Waals surface area contributed by atoms with Crippen LogP contribution in [0.5, 0.6) is 0 Å². The van der Waals surface area contributed by atoms with Crippen molar-refractivity contribution in [3.8, 4) is 0 Å². The summed E-state index contributed by atoms with van der Waals surface area (Å²) in [6.07, 6.45) is 5.68. The van der Waals surface area contributed by atoms with Gasteiger partial charge in [-0.15, -0.1) is 0 Å². The third-order valence-electron chi connectivity index (χ3n) is 4.90. The number of allylic oxidation sites excluding steroid dienone is 2. The smallest absolute Gasteiger partial charge is 0.0554 e. The Bertz CT molecular complexity index is 749. The van der Waals surface area contributed by atoms with Gasteiger partial charge in [-0.25, -0.2) is 0 Å². The molecule has 22 heavy (non-hydrogen) atoms. The molecule has 4 rings (SSSR count). The van der Waals surface area contributed by atoms with Crippen molar-refractivity contribution in [3.05, 3.63) is 75.3 Å². The van der Waals surface area contributed by atoms with E-state index >= 15 is 0 Å². The Hall–Kier alpha value is -1.44. The fourth-order valence-corrected chi connectivity index (χ4v) is 4.22. The van der Waals surface area contributed by atoms with Crippen molar-refractivity contribution in [3.63, 3.8) is 0 Å². The van der Waals surface area contributed by atoms with Crippen LogP contribution < -0.4 is 5.32 Å². The molecule has 0 radical (unpaired) electrons. The number of fused-ring (bicyclic) bond motifs is 3. The summed E-state index contributed by atoms with van der Waals surface area (Å²) in [6.45, 7) is 2.14. The van der Waals surface area contributed by atoms with E-state index in [-0.39, 0.29) is 0 Å². The number of benzene rings is 2. The Balaban J connectivity index is 1.84. The molecule has 0 saturated carbocycles. The lowest BCUT2D eigenvalue weighted by atomic mass is 9.76. The Morgan fingerprint density at radius 3 is 2.59 bits per heavy atom. The predicted molar refractivity (Wildman–Crippen MR) is 94.0 cm³/mol. The SMILES string of the molecule is Cc1ccc(Cl)c2c1NC(c1ccc(Cl)cc1)C1CC=CC21. The average Bonchev–Trinajstić information content (AvgIpc) is 3.00. The minimum atomic E-state index is 0.293. The van der Waals surface area contributed by atoms with Crippen molar-refractivity contribution in [2.45, 2.75) is 25.3 Å². The number of nitrogens with one attached hydrogen (secondary N) is 1. The van der Waals surface area contributed by atoms with Gasteiger partial charge in [-0.1, -0.05) is 53.6 Å². The van der Waals surface area contributed by atoms with Gasteiger partial charge in [0.25, 0.3) is 0 Å². The van der Waals surface area contributed by atoms with Crippen molar-refractivity contribution < 1.29 is 0 Å². The predicted octanol–water partition coefficient (Wildman–Crippen LogP) is 6.13. The molecule has 1 nitrogen and oxygen atoms in total. The second-order valence-electron chi connectivity index (χ2n) is 6.18. The Labute approximate surface area is 140 Å². The molecular weight excluding hydrogens is 313 g/mol. The standard InChI is InChI=1S/C19H17Cl2N/c1-11-5-10-16(21)17-14-3-2-4-15(14)19(22-18(11)17)12-6-8-13(20)9-7-12/h2-3,5-10,14-15,19,22H,4H2,1H3. The van der Waals surface area contributed by atoms with Gasteiger partial charge in [-0.3, -0.25) is 0 Å². The molecule has 1 heterocycles. The van der Waals surface area contributed by atoms with Gasteiger partial charge < -0.3 is 5.32 Å². The summed E-state index contributed by atoms with van der Waals surface area (Å²) in [6, 6.07) is 12.6. The summed E-state index contributed by atoms with van der Waals surface area (Å²) in [7, 11) is 0. The second-order valence-corrected chi connectivity index (χ2v) is 7.02. The first-order chi connectivity index (χ1) is 10.6. The highest BCUT2D eigenvalue weighted by atomic mass is 35.5. The van der Waals surface area contributed by atoms with E-state index in [0.717, 1.165) is 16.5 Å². The van der Waals surface area contributed by atoms with Gasteiger partial charge in [-0.05, 0) is 48.6 Å². The summed E-state index contributed by atoms with van der Waals surface area (Å²) in [4.78, 5) is 0. The molecule has 0 fully saturated rings. The minimum Gasteiger partial charge on any atom is -0.377 e. The van der Waals surface area contributed by atoms with Crippen LogP contribution >= 0.6 is 23.2 Å². The molecule has 0 aromatic heterocycles. The molecule has 1 aliphatic heterocycles. The molecule has 3 unspecified atom stereocenters. The van der Waals surface area contributed by atoms with Crippen LogP contribution in [0.25, 0.3) is 0 Å². The summed E-state index contributed by atoms with van der Waals surface area (Å²) in [5.74, 6) is 0.900. The first-order valence-corrected chi connectivity index (χ1v) is 8.38. The number of hydrogen-bond acceptors (Lipinski definition) is 1. The molecule has 2 aromatic rings. The fourth-order valence-electron chi connectivity index (χ4n) is 3.81. The minimum absolute atomic E-state index is 0.293. The highest BCUT2D eigenvalue weighted by Gasteiger charge is 2.39. The highest BCUT2D eigenvalue weighted by Crippen LogP contribution is 2.52. The van der Waals surface area contributed by atoms with Gasteiger partial charge >= 0.3 is 0 Å². The number of halogens is 2. The number of anilines is 1. The lowest BCUT2D eigenvalue weighted by Gasteiger charge is -2.38. The van der Waals surface area contributed by atoms with E-state index in [1.54, 1.807) is 0 Å². The second kappa shape index (κ2) is 5.33. The van der Waals surface area contributed by atoms with Crippen molar-refractivity contribution in [1.82, 2.24) is 0 Å². The molecule has 112 valence electrons. The van der Waals surface area contributed by atoms with E-state index in [2.05, 4.69) is 42.6 Å². The molecule has 3 atom stereocenters. The van der Waals surface area contributed by atoms with Crippen LogP contribution in [0.3, 0.4) is 0 Å². The fraction of sp³-hybridized carbons (Fsp3) is 0.263. The summed E-state index contributed by atoms with van der Waals surface area (Å²) >= 11 is 12.5. The lowest BCUT2D eigenvalue weighted by Crippen LogP contribution is -2.29. The van der Waals surface area contributed by atoms with Gasteiger partial charge in [0.15, 0.2) is 0 Å². The maximum atomic E-state index is 6.50. The maximum absolute atomic E-state index is 6.50. The van der Waals surface area contributed by atoms with Gasteiger partial charge in [0.1, 0.15) is 0 Å². The molecule has 3 heteroatoms. The topological polar surface area (TPSA) is 12.0 Å². The van der Waals surface area contributed by atoms with Crippen LogP contribution in [0.1, 0.15) is 35.1 Å². The Kier molecular flexibility index (Phi) is 3.43. The van der Waals surface area contributed by atoms with E-state index in [9.17, 15) is 0 Å². The van der Waals surface area contributed by atoms with Crippen molar-refractivity contribution in [1.29, 1.82) is 0 Å². The Morgan fingerprint density at radius 2 is 1.82 bits per heavy atom. The quantitative estimate of drug-likeness (QED) is 0.620. The average molecular weight is 330 g/mol. The van der Waals surface area contributed by atoms with Gasteiger partial charge in [-0.2, -0.15) is 0 Å². The van der Waals surface area contributed by atoms with Crippen LogP contribution in [-0.2, 0) is 0 Å². The zero-order chi connectivity index (χ0) is 15.3. The third kappa shape index (κ3) is 2.15. The van der Waals surface area contributed by atoms with Crippen molar-refractivity contribution >= 4 is 28.9 Å². The highest BCUT2D eigenvalue weighted by molar-refractivity contribution is 6.32. The van der Waals surface area contributed by atoms with E-state index in [0.29, 0.717) is 17.9 Å². The van der Waals surface area contributed by atoms with E-state index in [1.807, 2.05) is 18.2 Å². The van der Waals surface area contributed by atoms with Crippen molar-refractivity contribution in [2.75, 3.05) is 5.32 Å². The molecule has 2 aromatic carbocycles. The van der Waals surface area contributed by atoms with E-state index < -0.39 is 0 Å². The number of hydrogen-bond donors (Lipinski definition) is 1. The molecule has 0 bridgehead atoms. The molecule has 0 amide bonds. The monoisotopic (exact) mass is 329 g/mol. The van der Waals surface area contributed by atoms with E-state index in [1.165, 1.54) is 22.4 Å². The number of rotatable bonds is 1. The zero-order valence-corrected chi connectivity index (χ0v) is 13.8. The first-order valence-electron chi connectivity index (χ1n) is 7.63. The molecule has 0 spiro atoms. The van der Waals surface area contributed by atoms with Gasteiger partial charge in [0.2, 0.25) is 0 Å². The normalized spacial score (nSPS) is 25.5. The van der Waals surface area contributed by atoms with Crippen LogP contribution in [0.4, 0.5) is 5.69 Å². The Morgan fingerprint density at radius 1 is 1.05 bits per heavy atom. The number of aryl methyl sites for hydroxylation is 1. The lowest BCUT2D eigenvalue weighted by molar-refractivity contribution is 0.425. The van der Waals surface area contributed by atoms with Crippen molar-refractivity contribution in [2.24, 2.45) is 5.92 Å². The van der Waals surface area contributed by atoms with Gasteiger partial charge in [0, 0.05) is 27.2 Å². The molecule has 2 aliphatic rings. The van der Waals surface area contributed by atoms with Crippen LogP contribution in [0, 0.1) is 12.8 Å². The zero-order valence-electron chi connectivity index (χ0n) is 12.3. The van der Waals surface area contributed by atoms with Crippen LogP contribution in [0.2, 0.25) is 10.0 Å². The molecule has 1 aliphatic carbocycles. The van der Waals surface area contributed by atoms with Gasteiger partial charge in [0.05, 0.1) is 6.04 Å². The van der Waals surface area contributed by atoms with E-state index in [4.69, 9.17) is 23.2 Å². The molecule has 0 saturated heterocycles. The molecular formula is C19H17Cl2N. The largest absolute Gasteiger partial charge is 0.377 e.